The molecule has 0 amide bonds. The lowest BCUT2D eigenvalue weighted by Crippen LogP contribution is -2.37. The van der Waals surface area contributed by atoms with Crippen molar-refractivity contribution >= 4 is 5.97 Å². The first-order valence-electron chi connectivity index (χ1n) is 7.03. The molecule has 2 heterocycles. The molecule has 2 aliphatic rings. The van der Waals surface area contributed by atoms with E-state index in [0.717, 1.165) is 24.8 Å². The number of carbonyl (C=O) groups excluding carboxylic acids is 1. The highest BCUT2D eigenvalue weighted by atomic mass is 16.7. The molecule has 1 unspecified atom stereocenters. The number of rotatable bonds is 3. The molecule has 0 bridgehead atoms. The van der Waals surface area contributed by atoms with Crippen LogP contribution in [0.15, 0.2) is 6.20 Å². The number of methoxy groups -OCH3 is 1. The van der Waals surface area contributed by atoms with E-state index >= 15 is 0 Å². The number of esters is 1. The first-order valence-corrected chi connectivity index (χ1v) is 7.03. The highest BCUT2D eigenvalue weighted by Crippen LogP contribution is 2.36. The third-order valence-corrected chi connectivity index (χ3v) is 4.11. The number of hydrogen-bond acceptors (Lipinski definition) is 5. The van der Waals surface area contributed by atoms with Crippen molar-refractivity contribution in [2.24, 2.45) is 0 Å². The van der Waals surface area contributed by atoms with E-state index < -0.39 is 5.79 Å². The minimum atomic E-state index is -0.438. The molecule has 1 fully saturated rings. The molecule has 20 heavy (non-hydrogen) atoms. The summed E-state index contributed by atoms with van der Waals surface area (Å²) >= 11 is 0. The van der Waals surface area contributed by atoms with Gasteiger partial charge in [0.25, 0.3) is 0 Å². The zero-order valence-corrected chi connectivity index (χ0v) is 11.9. The van der Waals surface area contributed by atoms with Gasteiger partial charge in [-0.25, -0.2) is 0 Å². The van der Waals surface area contributed by atoms with E-state index in [-0.39, 0.29) is 12.0 Å². The molecular weight excluding hydrogens is 260 g/mol. The zero-order valence-electron chi connectivity index (χ0n) is 11.9. The van der Waals surface area contributed by atoms with E-state index in [4.69, 9.17) is 14.2 Å². The predicted octanol–water partition coefficient (Wildman–Crippen LogP) is 1.24. The number of hydrogen-bond donors (Lipinski definition) is 0. The molecule has 6 nitrogen and oxygen atoms in total. The van der Waals surface area contributed by atoms with Crippen molar-refractivity contribution in [2.75, 3.05) is 20.3 Å². The summed E-state index contributed by atoms with van der Waals surface area (Å²) in [5.74, 6) is -0.650. The second-order valence-corrected chi connectivity index (χ2v) is 5.47. The molecule has 110 valence electrons. The van der Waals surface area contributed by atoms with Crippen LogP contribution in [0.2, 0.25) is 0 Å². The minimum absolute atomic E-state index is 0.00525. The van der Waals surface area contributed by atoms with E-state index in [1.54, 1.807) is 0 Å². The van der Waals surface area contributed by atoms with Crippen LogP contribution in [0.5, 0.6) is 0 Å². The lowest BCUT2D eigenvalue weighted by molar-refractivity contribution is -0.164. The van der Waals surface area contributed by atoms with E-state index in [2.05, 4.69) is 5.10 Å². The fourth-order valence-electron chi connectivity index (χ4n) is 3.07. The van der Waals surface area contributed by atoms with Gasteiger partial charge in [0.15, 0.2) is 5.79 Å². The Morgan fingerprint density at radius 3 is 3.00 bits per heavy atom. The van der Waals surface area contributed by atoms with Crippen molar-refractivity contribution in [3.8, 4) is 0 Å². The summed E-state index contributed by atoms with van der Waals surface area (Å²) in [5, 5.41) is 4.44. The molecule has 0 N–H and O–H groups in total. The first kappa shape index (κ1) is 13.6. The minimum Gasteiger partial charge on any atom is -0.469 e. The molecule has 1 aromatic heterocycles. The second-order valence-electron chi connectivity index (χ2n) is 5.47. The summed E-state index contributed by atoms with van der Waals surface area (Å²) in [6, 6.07) is 0.00525. The van der Waals surface area contributed by atoms with Gasteiger partial charge in [-0.2, -0.15) is 5.10 Å². The van der Waals surface area contributed by atoms with Crippen molar-refractivity contribution < 1.29 is 19.0 Å². The third kappa shape index (κ3) is 2.33. The van der Waals surface area contributed by atoms with Crippen molar-refractivity contribution in [1.29, 1.82) is 0 Å². The van der Waals surface area contributed by atoms with Gasteiger partial charge in [0.2, 0.25) is 0 Å². The van der Waals surface area contributed by atoms with E-state index in [0.29, 0.717) is 19.6 Å². The van der Waals surface area contributed by atoms with Crippen LogP contribution in [0.25, 0.3) is 0 Å². The Hall–Kier alpha value is -1.40. The van der Waals surface area contributed by atoms with Gasteiger partial charge in [-0.1, -0.05) is 0 Å². The Kier molecular flexibility index (Phi) is 3.52. The van der Waals surface area contributed by atoms with E-state index in [9.17, 15) is 4.79 Å². The van der Waals surface area contributed by atoms with Gasteiger partial charge in [-0.15, -0.1) is 0 Å². The summed E-state index contributed by atoms with van der Waals surface area (Å²) in [5.41, 5.74) is 2.35. The quantitative estimate of drug-likeness (QED) is 0.779. The first-order chi connectivity index (χ1) is 9.63. The number of nitrogens with zero attached hydrogens (tertiary/aromatic N) is 2. The number of aromatic nitrogens is 2. The molecule has 0 aromatic carbocycles. The Morgan fingerprint density at radius 2 is 2.30 bits per heavy atom. The summed E-state index contributed by atoms with van der Waals surface area (Å²) in [7, 11) is 1.41. The van der Waals surface area contributed by atoms with Gasteiger partial charge in [-0.3, -0.25) is 9.48 Å². The van der Waals surface area contributed by atoms with Gasteiger partial charge in [0, 0.05) is 18.5 Å². The Morgan fingerprint density at radius 1 is 1.55 bits per heavy atom. The monoisotopic (exact) mass is 280 g/mol. The molecule has 1 aliphatic carbocycles. The molecule has 1 aliphatic heterocycles. The van der Waals surface area contributed by atoms with Crippen molar-refractivity contribution in [3.05, 3.63) is 17.5 Å². The van der Waals surface area contributed by atoms with Crippen LogP contribution in [-0.4, -0.2) is 41.9 Å². The highest BCUT2D eigenvalue weighted by Gasteiger charge is 2.41. The summed E-state index contributed by atoms with van der Waals surface area (Å²) < 4.78 is 18.2. The average Bonchev–Trinajstić information content (AvgIpc) is 3.05. The summed E-state index contributed by atoms with van der Waals surface area (Å²) in [6.45, 7) is 3.32. The smallest absolute Gasteiger partial charge is 0.307 e. The number of ether oxygens (including phenoxy) is 3. The maximum atomic E-state index is 11.4. The summed E-state index contributed by atoms with van der Waals surface area (Å²) in [6.07, 6.45) is 4.66. The fourth-order valence-corrected chi connectivity index (χ4v) is 3.07. The van der Waals surface area contributed by atoms with Crippen LogP contribution in [0.3, 0.4) is 0 Å². The number of fused-ring (bicyclic) bond motifs is 1. The second kappa shape index (κ2) is 5.18. The van der Waals surface area contributed by atoms with Crippen LogP contribution in [-0.2, 0) is 31.8 Å². The maximum Gasteiger partial charge on any atom is 0.307 e. The zero-order chi connectivity index (χ0) is 14.2. The van der Waals surface area contributed by atoms with Gasteiger partial charge < -0.3 is 14.2 Å². The maximum absolute atomic E-state index is 11.4. The lowest BCUT2D eigenvalue weighted by Gasteiger charge is -2.32. The van der Waals surface area contributed by atoms with Crippen LogP contribution in [0.4, 0.5) is 0 Å². The molecule has 1 spiro atoms. The molecule has 1 atom stereocenters. The van der Waals surface area contributed by atoms with Gasteiger partial charge in [0.05, 0.1) is 39.0 Å². The van der Waals surface area contributed by atoms with Crippen LogP contribution >= 0.6 is 0 Å². The summed E-state index contributed by atoms with van der Waals surface area (Å²) in [4.78, 5) is 11.4. The fraction of sp³-hybridized carbons (Fsp3) is 0.714. The third-order valence-electron chi connectivity index (χ3n) is 4.11. The standard InChI is InChI=1S/C14H20N2O4/c1-10(7-13(17)18-2)16-12-3-4-14(19-5-6-20-14)8-11(12)9-15-16/h9-10H,3-8H2,1-2H3. The Balaban J connectivity index is 1.77. The molecule has 6 heteroatoms. The van der Waals surface area contributed by atoms with Crippen LogP contribution in [0.1, 0.15) is 37.1 Å². The average molecular weight is 280 g/mol. The largest absolute Gasteiger partial charge is 0.469 e. The van der Waals surface area contributed by atoms with E-state index in [1.165, 1.54) is 12.8 Å². The Labute approximate surface area is 118 Å². The van der Waals surface area contributed by atoms with Gasteiger partial charge in [0.1, 0.15) is 0 Å². The molecule has 0 saturated carbocycles. The van der Waals surface area contributed by atoms with Crippen molar-refractivity contribution in [3.63, 3.8) is 0 Å². The topological polar surface area (TPSA) is 62.6 Å². The highest BCUT2D eigenvalue weighted by molar-refractivity contribution is 5.69. The van der Waals surface area contributed by atoms with E-state index in [1.807, 2.05) is 17.8 Å². The van der Waals surface area contributed by atoms with Crippen LogP contribution < -0.4 is 0 Å². The SMILES string of the molecule is COC(=O)CC(C)n1ncc2c1CCC1(C2)OCCO1. The molecule has 3 rings (SSSR count). The normalized spacial score (nSPS) is 21.7. The molecule has 1 saturated heterocycles. The molecule has 1 aromatic rings. The van der Waals surface area contributed by atoms with Crippen molar-refractivity contribution in [2.45, 2.75) is 44.4 Å². The lowest BCUT2D eigenvalue weighted by atomic mass is 9.92. The molecular formula is C14H20N2O4. The Bertz CT molecular complexity index is 505. The van der Waals surface area contributed by atoms with Gasteiger partial charge in [-0.05, 0) is 18.9 Å². The predicted molar refractivity (Wildman–Crippen MR) is 70.2 cm³/mol. The van der Waals surface area contributed by atoms with Crippen LogP contribution in [0, 0.1) is 0 Å². The van der Waals surface area contributed by atoms with Crippen molar-refractivity contribution in [1.82, 2.24) is 9.78 Å². The van der Waals surface area contributed by atoms with Gasteiger partial charge >= 0.3 is 5.97 Å². The molecule has 0 radical (unpaired) electrons. The number of carbonyl (C=O) groups is 1.